The quantitative estimate of drug-likeness (QED) is 0.483. The zero-order valence-corrected chi connectivity index (χ0v) is 19.0. The van der Waals surface area contributed by atoms with Crippen LogP contribution in [-0.4, -0.2) is 78.6 Å². The highest BCUT2D eigenvalue weighted by Gasteiger charge is 2.31. The lowest BCUT2D eigenvalue weighted by atomic mass is 9.98. The van der Waals surface area contributed by atoms with Gasteiger partial charge < -0.3 is 14.9 Å². The van der Waals surface area contributed by atoms with Gasteiger partial charge in [-0.15, -0.1) is 0 Å². The van der Waals surface area contributed by atoms with E-state index in [1.165, 1.54) is 27.9 Å². The van der Waals surface area contributed by atoms with Crippen molar-refractivity contribution >= 4 is 29.5 Å². The van der Waals surface area contributed by atoms with Crippen LogP contribution in [0.25, 0.3) is 17.0 Å². The lowest BCUT2D eigenvalue weighted by Gasteiger charge is -2.37. The van der Waals surface area contributed by atoms with Gasteiger partial charge >= 0.3 is 6.09 Å². The van der Waals surface area contributed by atoms with Gasteiger partial charge in [0.15, 0.2) is 5.65 Å². The van der Waals surface area contributed by atoms with Crippen LogP contribution in [0.1, 0.15) is 25.0 Å². The molecular weight excluding hydrogens is 466 g/mol. The molecule has 5 heterocycles. The Morgan fingerprint density at radius 1 is 1.24 bits per heavy atom. The standard InChI is InChI=1S/C21H24F2N8O2S/c22-20(23)15-3-4-18-24-8-17(31(18)28-15)16-6-19(26-12-25-16)29-5-1-2-13(9-29)7-27-34-14-10-30(11-14)21(32)33/h3-4,6,8,12-14,20,27H,1-2,5,7,9-11H2,(H,32,33). The van der Waals surface area contributed by atoms with Gasteiger partial charge in [0.25, 0.3) is 6.43 Å². The lowest BCUT2D eigenvalue weighted by Crippen LogP contribution is -2.52. The molecule has 5 rings (SSSR count). The molecule has 3 aromatic rings. The highest BCUT2D eigenvalue weighted by Crippen LogP contribution is 2.27. The predicted molar refractivity (Wildman–Crippen MR) is 123 cm³/mol. The first-order chi connectivity index (χ1) is 16.5. The van der Waals surface area contributed by atoms with Crippen LogP contribution in [0.15, 0.2) is 30.7 Å². The molecule has 0 bridgehead atoms. The third kappa shape index (κ3) is 4.75. The molecule has 0 aromatic carbocycles. The van der Waals surface area contributed by atoms with E-state index in [4.69, 9.17) is 5.11 Å². The normalized spacial score (nSPS) is 19.1. The molecule has 0 spiro atoms. The Morgan fingerprint density at radius 3 is 2.88 bits per heavy atom. The number of hydrogen-bond donors (Lipinski definition) is 2. The summed E-state index contributed by atoms with van der Waals surface area (Å²) < 4.78 is 31.0. The Kier molecular flexibility index (Phi) is 6.46. The van der Waals surface area contributed by atoms with Gasteiger partial charge in [-0.05, 0) is 30.9 Å². The Balaban J connectivity index is 1.23. The number of halogens is 2. The number of nitrogens with one attached hydrogen (secondary N) is 1. The monoisotopic (exact) mass is 490 g/mol. The molecule has 2 N–H and O–H groups in total. The number of nitrogens with zero attached hydrogens (tertiary/aromatic N) is 7. The molecule has 3 aromatic heterocycles. The zero-order chi connectivity index (χ0) is 23.7. The first-order valence-electron chi connectivity index (χ1n) is 11.0. The fourth-order valence-corrected chi connectivity index (χ4v) is 5.31. The SMILES string of the molecule is O=C(O)N1CC(SNCC2CCCN(c3cc(-c4cnc5ccc(C(F)F)nn45)ncn3)C2)C1. The molecule has 2 aliphatic rings. The van der Waals surface area contributed by atoms with Crippen LogP contribution in [0.3, 0.4) is 0 Å². The number of anilines is 1. The van der Waals surface area contributed by atoms with E-state index < -0.39 is 12.5 Å². The summed E-state index contributed by atoms with van der Waals surface area (Å²) in [7, 11) is 0. The van der Waals surface area contributed by atoms with Crippen LogP contribution in [0.4, 0.5) is 19.4 Å². The van der Waals surface area contributed by atoms with E-state index in [9.17, 15) is 13.6 Å². The smallest absolute Gasteiger partial charge is 0.407 e. The first-order valence-corrected chi connectivity index (χ1v) is 11.9. The van der Waals surface area contributed by atoms with Crippen molar-refractivity contribution in [2.75, 3.05) is 37.6 Å². The minimum Gasteiger partial charge on any atom is -0.465 e. The molecule has 0 aliphatic carbocycles. The van der Waals surface area contributed by atoms with Crippen LogP contribution in [0, 0.1) is 5.92 Å². The summed E-state index contributed by atoms with van der Waals surface area (Å²) in [5.41, 5.74) is 1.26. The Hall–Kier alpha value is -3.06. The Bertz CT molecular complexity index is 1170. The second-order valence-corrected chi connectivity index (χ2v) is 9.65. The molecule has 1 amide bonds. The van der Waals surface area contributed by atoms with Gasteiger partial charge in [-0.1, -0.05) is 11.9 Å². The van der Waals surface area contributed by atoms with Gasteiger partial charge in [-0.3, -0.25) is 4.72 Å². The van der Waals surface area contributed by atoms with Crippen molar-refractivity contribution in [3.05, 3.63) is 36.4 Å². The molecular formula is C21H24F2N8O2S. The van der Waals surface area contributed by atoms with E-state index in [2.05, 4.69) is 29.7 Å². The molecule has 2 aliphatic heterocycles. The van der Waals surface area contributed by atoms with Crippen molar-refractivity contribution in [2.24, 2.45) is 5.92 Å². The third-order valence-corrected chi connectivity index (χ3v) is 7.07. The predicted octanol–water partition coefficient (Wildman–Crippen LogP) is 2.94. The molecule has 34 heavy (non-hydrogen) atoms. The van der Waals surface area contributed by atoms with E-state index in [1.54, 1.807) is 18.1 Å². The average molecular weight is 491 g/mol. The Labute approximate surface area is 198 Å². The Morgan fingerprint density at radius 2 is 2.09 bits per heavy atom. The maximum atomic E-state index is 13.1. The summed E-state index contributed by atoms with van der Waals surface area (Å²) >= 11 is 1.61. The molecule has 10 nitrogen and oxygen atoms in total. The zero-order valence-electron chi connectivity index (χ0n) is 18.2. The number of piperidine rings is 1. The largest absolute Gasteiger partial charge is 0.465 e. The lowest BCUT2D eigenvalue weighted by molar-refractivity contribution is 0.121. The summed E-state index contributed by atoms with van der Waals surface area (Å²) in [6, 6.07) is 4.64. The van der Waals surface area contributed by atoms with Gasteiger partial charge in [0.05, 0.1) is 17.1 Å². The van der Waals surface area contributed by atoms with Gasteiger partial charge in [-0.25, -0.2) is 33.0 Å². The van der Waals surface area contributed by atoms with E-state index in [1.807, 2.05) is 6.07 Å². The number of imidazole rings is 1. The van der Waals surface area contributed by atoms with E-state index >= 15 is 0 Å². The molecule has 1 unspecified atom stereocenters. The second-order valence-electron chi connectivity index (χ2n) is 8.46. The summed E-state index contributed by atoms with van der Waals surface area (Å²) in [5.74, 6) is 1.21. The minimum atomic E-state index is -2.67. The van der Waals surface area contributed by atoms with Gasteiger partial charge in [0.1, 0.15) is 23.5 Å². The van der Waals surface area contributed by atoms with Gasteiger partial charge in [-0.2, -0.15) is 5.10 Å². The molecule has 1 atom stereocenters. The number of fused-ring (bicyclic) bond motifs is 1. The number of aromatic nitrogens is 5. The average Bonchev–Trinajstić information content (AvgIpc) is 3.24. The summed E-state index contributed by atoms with van der Waals surface area (Å²) in [6.45, 7) is 3.65. The molecule has 2 saturated heterocycles. The number of alkyl halides is 2. The molecule has 0 saturated carbocycles. The number of likely N-dealkylation sites (tertiary alicyclic amines) is 1. The number of hydrogen-bond acceptors (Lipinski definition) is 8. The van der Waals surface area contributed by atoms with Crippen LogP contribution >= 0.6 is 11.9 Å². The summed E-state index contributed by atoms with van der Waals surface area (Å²) in [6.07, 6.45) is 1.65. The number of carboxylic acid groups (broad SMARTS) is 1. The molecule has 0 radical (unpaired) electrons. The fraction of sp³-hybridized carbons (Fsp3) is 0.476. The van der Waals surface area contributed by atoms with Crippen molar-refractivity contribution in [1.82, 2.24) is 34.2 Å². The minimum absolute atomic E-state index is 0.296. The van der Waals surface area contributed by atoms with Crippen molar-refractivity contribution in [3.8, 4) is 11.4 Å². The number of carbonyl (C=O) groups is 1. The van der Waals surface area contributed by atoms with Crippen molar-refractivity contribution in [2.45, 2.75) is 24.5 Å². The summed E-state index contributed by atoms with van der Waals surface area (Å²) in [4.78, 5) is 27.5. The van der Waals surface area contributed by atoms with Crippen molar-refractivity contribution < 1.29 is 18.7 Å². The number of rotatable bonds is 7. The summed E-state index contributed by atoms with van der Waals surface area (Å²) in [5, 5.41) is 13.2. The molecule has 13 heteroatoms. The first kappa shape index (κ1) is 22.7. The van der Waals surface area contributed by atoms with E-state index in [0.29, 0.717) is 41.3 Å². The van der Waals surface area contributed by atoms with Crippen LogP contribution in [0.5, 0.6) is 0 Å². The third-order valence-electron chi connectivity index (χ3n) is 6.11. The second kappa shape index (κ2) is 9.66. The topological polar surface area (TPSA) is 112 Å². The van der Waals surface area contributed by atoms with Gasteiger partial charge in [0.2, 0.25) is 0 Å². The van der Waals surface area contributed by atoms with E-state index in [0.717, 1.165) is 38.3 Å². The maximum Gasteiger partial charge on any atom is 0.407 e. The van der Waals surface area contributed by atoms with Crippen molar-refractivity contribution in [3.63, 3.8) is 0 Å². The van der Waals surface area contributed by atoms with Crippen LogP contribution < -0.4 is 9.62 Å². The van der Waals surface area contributed by atoms with Crippen LogP contribution in [0.2, 0.25) is 0 Å². The van der Waals surface area contributed by atoms with E-state index in [-0.39, 0.29) is 5.69 Å². The highest BCUT2D eigenvalue weighted by molar-refractivity contribution is 7.98. The van der Waals surface area contributed by atoms with Gasteiger partial charge in [0, 0.05) is 38.8 Å². The van der Waals surface area contributed by atoms with Crippen LogP contribution in [-0.2, 0) is 0 Å². The van der Waals surface area contributed by atoms with Crippen molar-refractivity contribution in [1.29, 1.82) is 0 Å². The maximum absolute atomic E-state index is 13.1. The fourth-order valence-electron chi connectivity index (χ4n) is 4.23. The molecule has 180 valence electrons. The highest BCUT2D eigenvalue weighted by atomic mass is 32.2. The number of amides is 1. The molecule has 2 fully saturated rings.